The van der Waals surface area contributed by atoms with Crippen molar-refractivity contribution in [2.75, 3.05) is 0 Å². The van der Waals surface area contributed by atoms with Gasteiger partial charge < -0.3 is 5.73 Å². The summed E-state index contributed by atoms with van der Waals surface area (Å²) in [6.45, 7) is 0. The highest BCUT2D eigenvalue weighted by molar-refractivity contribution is 6.00. The molecule has 0 saturated carbocycles. The molecule has 0 saturated heterocycles. The minimum atomic E-state index is 0.423. The number of nitrogens with zero attached hydrogens (tertiary/aromatic N) is 4. The second kappa shape index (κ2) is 8.45. The van der Waals surface area contributed by atoms with Crippen LogP contribution in [-0.4, -0.2) is 21.6 Å². The Labute approximate surface area is 198 Å². The molecule has 5 nitrogen and oxygen atoms in total. The molecule has 3 aromatic carbocycles. The molecule has 34 heavy (non-hydrogen) atoms. The van der Waals surface area contributed by atoms with Gasteiger partial charge in [-0.3, -0.25) is 4.57 Å². The number of benzene rings is 3. The Hall–Kier alpha value is -4.51. The quantitative estimate of drug-likeness (QED) is 0.260. The molecule has 0 unspecified atom stereocenters. The third kappa shape index (κ3) is 3.48. The minimum absolute atomic E-state index is 0.423. The highest BCUT2D eigenvalue weighted by Crippen LogP contribution is 2.37. The largest absolute Gasteiger partial charge is 0.383 e. The Balaban J connectivity index is 1.45. The van der Waals surface area contributed by atoms with Crippen LogP contribution in [0.25, 0.3) is 27.7 Å². The monoisotopic (exact) mass is 441 g/mol. The molecule has 0 amide bonds. The van der Waals surface area contributed by atoms with Gasteiger partial charge in [0.1, 0.15) is 11.7 Å². The standard InChI is InChI=1S/C29H23N5/c30-27(33-28-23(14-7-17-31-28)20-9-2-1-3-10-20)21-11-6-12-22(19-21)34-26-16-5-4-13-24(26)25-15-8-18-32-29(25)34/h1-7,9-14,16-19H,8,15H2,(H2,30,31,33). The van der Waals surface area contributed by atoms with E-state index in [1.54, 1.807) is 6.20 Å². The van der Waals surface area contributed by atoms with Crippen molar-refractivity contribution >= 4 is 34.6 Å². The number of rotatable bonds is 4. The third-order valence-electron chi connectivity index (χ3n) is 6.19. The minimum Gasteiger partial charge on any atom is -0.383 e. The lowest BCUT2D eigenvalue weighted by atomic mass is 10.1. The number of aryl methyl sites for hydroxylation is 1. The van der Waals surface area contributed by atoms with Gasteiger partial charge >= 0.3 is 0 Å². The molecule has 6 rings (SSSR count). The van der Waals surface area contributed by atoms with E-state index < -0.39 is 0 Å². The molecule has 164 valence electrons. The van der Waals surface area contributed by atoms with E-state index in [2.05, 4.69) is 45.9 Å². The number of fused-ring (bicyclic) bond motifs is 3. The molecular weight excluding hydrogens is 418 g/mol. The normalized spacial score (nSPS) is 13.2. The molecule has 3 heterocycles. The molecule has 0 atom stereocenters. The first-order valence-corrected chi connectivity index (χ1v) is 11.4. The van der Waals surface area contributed by atoms with Gasteiger partial charge in [-0.05, 0) is 48.7 Å². The van der Waals surface area contributed by atoms with Gasteiger partial charge in [0.15, 0.2) is 5.82 Å². The maximum absolute atomic E-state index is 6.52. The second-order valence-corrected chi connectivity index (χ2v) is 8.29. The third-order valence-corrected chi connectivity index (χ3v) is 6.19. The molecule has 0 fully saturated rings. The van der Waals surface area contributed by atoms with Gasteiger partial charge in [0.05, 0.1) is 5.52 Å². The number of para-hydroxylation sites is 1. The summed E-state index contributed by atoms with van der Waals surface area (Å²) in [5.74, 6) is 2.02. The zero-order valence-corrected chi connectivity index (χ0v) is 18.6. The fourth-order valence-electron chi connectivity index (χ4n) is 4.61. The number of hydrogen-bond acceptors (Lipinski definition) is 3. The van der Waals surface area contributed by atoms with Gasteiger partial charge in [0, 0.05) is 40.2 Å². The van der Waals surface area contributed by atoms with E-state index in [9.17, 15) is 0 Å². The van der Waals surface area contributed by atoms with Crippen molar-refractivity contribution in [3.8, 4) is 16.8 Å². The van der Waals surface area contributed by atoms with Crippen LogP contribution in [0.3, 0.4) is 0 Å². The number of aliphatic imine (C=N–C) groups is 2. The predicted octanol–water partition coefficient (Wildman–Crippen LogP) is 6.38. The van der Waals surface area contributed by atoms with Gasteiger partial charge in [0.2, 0.25) is 0 Å². The van der Waals surface area contributed by atoms with Crippen molar-refractivity contribution < 1.29 is 0 Å². The van der Waals surface area contributed by atoms with Crippen LogP contribution in [0.5, 0.6) is 0 Å². The summed E-state index contributed by atoms with van der Waals surface area (Å²) in [5, 5.41) is 1.25. The summed E-state index contributed by atoms with van der Waals surface area (Å²) in [6.07, 6.45) is 5.71. The van der Waals surface area contributed by atoms with Crippen LogP contribution in [0.1, 0.15) is 17.5 Å². The first-order valence-electron chi connectivity index (χ1n) is 11.4. The van der Waals surface area contributed by atoms with E-state index in [0.29, 0.717) is 11.7 Å². The van der Waals surface area contributed by atoms with Crippen LogP contribution in [0.15, 0.2) is 107 Å². The molecule has 5 aromatic rings. The molecule has 5 heteroatoms. The van der Waals surface area contributed by atoms with E-state index in [1.165, 1.54) is 10.9 Å². The van der Waals surface area contributed by atoms with Crippen molar-refractivity contribution in [3.05, 3.63) is 108 Å². The van der Waals surface area contributed by atoms with Crippen molar-refractivity contribution in [2.24, 2.45) is 15.7 Å². The van der Waals surface area contributed by atoms with Crippen LogP contribution in [0.2, 0.25) is 0 Å². The molecule has 0 spiro atoms. The lowest BCUT2D eigenvalue weighted by Gasteiger charge is -2.12. The molecule has 2 N–H and O–H groups in total. The summed E-state index contributed by atoms with van der Waals surface area (Å²) in [6, 6.07) is 30.7. The molecule has 0 bridgehead atoms. The second-order valence-electron chi connectivity index (χ2n) is 8.29. The van der Waals surface area contributed by atoms with Crippen LogP contribution in [0.4, 0.5) is 11.6 Å². The van der Waals surface area contributed by atoms with Gasteiger partial charge in [-0.25, -0.2) is 15.0 Å². The average Bonchev–Trinajstić information content (AvgIpc) is 3.24. The zero-order chi connectivity index (χ0) is 22.9. The molecule has 2 aromatic heterocycles. The van der Waals surface area contributed by atoms with E-state index >= 15 is 0 Å². The van der Waals surface area contributed by atoms with Crippen molar-refractivity contribution in [2.45, 2.75) is 12.8 Å². The van der Waals surface area contributed by atoms with E-state index in [1.807, 2.05) is 60.8 Å². The van der Waals surface area contributed by atoms with Crippen LogP contribution in [-0.2, 0) is 6.42 Å². The first kappa shape index (κ1) is 20.1. The topological polar surface area (TPSA) is 68.6 Å². The highest BCUT2D eigenvalue weighted by atomic mass is 15.1. The Bertz CT molecular complexity index is 1560. The molecular formula is C29H23N5. The van der Waals surface area contributed by atoms with Crippen molar-refractivity contribution in [1.29, 1.82) is 0 Å². The fraction of sp³-hybridized carbons (Fsp3) is 0.0690. The lowest BCUT2D eigenvalue weighted by Crippen LogP contribution is -2.13. The fourth-order valence-corrected chi connectivity index (χ4v) is 4.61. The number of pyridine rings is 1. The van der Waals surface area contributed by atoms with Crippen LogP contribution >= 0.6 is 0 Å². The van der Waals surface area contributed by atoms with E-state index in [4.69, 9.17) is 15.7 Å². The summed E-state index contributed by atoms with van der Waals surface area (Å²) >= 11 is 0. The maximum atomic E-state index is 6.52. The maximum Gasteiger partial charge on any atom is 0.162 e. The SMILES string of the molecule is N/C(=N\c1ncccc1-c1ccccc1)c1cccc(-n2c3c(c4ccccc42)CCC=N3)c1. The summed E-state index contributed by atoms with van der Waals surface area (Å²) in [5.41, 5.74) is 12.8. The lowest BCUT2D eigenvalue weighted by molar-refractivity contribution is 1.000. The smallest absolute Gasteiger partial charge is 0.162 e. The molecule has 0 radical (unpaired) electrons. The van der Waals surface area contributed by atoms with Gasteiger partial charge in [-0.15, -0.1) is 0 Å². The molecule has 0 aliphatic carbocycles. The Morgan fingerprint density at radius 1 is 0.882 bits per heavy atom. The van der Waals surface area contributed by atoms with Crippen LogP contribution < -0.4 is 5.73 Å². The number of nitrogens with two attached hydrogens (primary N) is 1. The Morgan fingerprint density at radius 2 is 1.74 bits per heavy atom. The Kier molecular flexibility index (Phi) is 5.00. The summed E-state index contributed by atoms with van der Waals surface area (Å²) < 4.78 is 2.22. The van der Waals surface area contributed by atoms with Gasteiger partial charge in [0.25, 0.3) is 0 Å². The summed E-state index contributed by atoms with van der Waals surface area (Å²) in [4.78, 5) is 14.0. The summed E-state index contributed by atoms with van der Waals surface area (Å²) in [7, 11) is 0. The van der Waals surface area contributed by atoms with Crippen molar-refractivity contribution in [1.82, 2.24) is 9.55 Å². The first-order chi connectivity index (χ1) is 16.8. The number of hydrogen-bond donors (Lipinski definition) is 1. The molecule has 1 aliphatic rings. The van der Waals surface area contributed by atoms with E-state index in [-0.39, 0.29) is 0 Å². The van der Waals surface area contributed by atoms with E-state index in [0.717, 1.165) is 46.6 Å². The van der Waals surface area contributed by atoms with Gasteiger partial charge in [-0.2, -0.15) is 0 Å². The Morgan fingerprint density at radius 3 is 2.65 bits per heavy atom. The van der Waals surface area contributed by atoms with Crippen LogP contribution in [0, 0.1) is 0 Å². The van der Waals surface area contributed by atoms with Crippen molar-refractivity contribution in [3.63, 3.8) is 0 Å². The molecule has 1 aliphatic heterocycles. The number of aromatic nitrogens is 2. The predicted molar refractivity (Wildman–Crippen MR) is 140 cm³/mol. The number of amidine groups is 1. The van der Waals surface area contributed by atoms with Gasteiger partial charge in [-0.1, -0.05) is 60.7 Å². The highest BCUT2D eigenvalue weighted by Gasteiger charge is 2.19. The zero-order valence-electron chi connectivity index (χ0n) is 18.6. The average molecular weight is 442 g/mol.